The van der Waals surface area contributed by atoms with Gasteiger partial charge in [-0.05, 0) is 43.7 Å². The van der Waals surface area contributed by atoms with Crippen LogP contribution in [0.5, 0.6) is 0 Å². The van der Waals surface area contributed by atoms with Crippen LogP contribution < -0.4 is 10.6 Å². The first-order valence-electron chi connectivity index (χ1n) is 6.88. The van der Waals surface area contributed by atoms with E-state index in [9.17, 15) is 9.18 Å². The molecule has 2 aromatic rings. The summed E-state index contributed by atoms with van der Waals surface area (Å²) < 4.78 is 13.0. The van der Waals surface area contributed by atoms with Gasteiger partial charge in [0.2, 0.25) is 0 Å². The minimum Gasteiger partial charge on any atom is -0.314 e. The minimum absolute atomic E-state index is 0.220. The van der Waals surface area contributed by atoms with E-state index < -0.39 is 5.54 Å². The number of carbonyl (C=O) groups excluding carboxylic acids is 1. The summed E-state index contributed by atoms with van der Waals surface area (Å²) in [5.41, 5.74) is 6.51. The zero-order chi connectivity index (χ0) is 15.5. The van der Waals surface area contributed by atoms with Crippen molar-refractivity contribution >= 4 is 11.6 Å². The average Bonchev–Trinajstić information content (AvgIpc) is 2.50. The van der Waals surface area contributed by atoms with E-state index in [0.717, 1.165) is 5.56 Å². The van der Waals surface area contributed by atoms with Gasteiger partial charge in [-0.2, -0.15) is 0 Å². The average molecular weight is 286 g/mol. The Labute approximate surface area is 124 Å². The third-order valence-electron chi connectivity index (χ3n) is 3.52. The van der Waals surface area contributed by atoms with Crippen molar-refractivity contribution < 1.29 is 9.18 Å². The van der Waals surface area contributed by atoms with Crippen LogP contribution in [-0.4, -0.2) is 12.5 Å². The van der Waals surface area contributed by atoms with Gasteiger partial charge in [-0.15, -0.1) is 0 Å². The van der Waals surface area contributed by atoms with Crippen LogP contribution in [-0.2, 0) is 10.3 Å². The fourth-order valence-electron chi connectivity index (χ4n) is 2.25. The second-order valence-corrected chi connectivity index (χ2v) is 5.09. The summed E-state index contributed by atoms with van der Waals surface area (Å²) in [6, 6.07) is 15.1. The molecule has 4 heteroatoms. The second-order valence-electron chi connectivity index (χ2n) is 5.09. The summed E-state index contributed by atoms with van der Waals surface area (Å²) >= 11 is 0. The molecule has 2 rings (SSSR count). The van der Waals surface area contributed by atoms with Gasteiger partial charge in [-0.1, -0.05) is 30.3 Å². The number of nitrogens with two attached hydrogens (primary N) is 1. The summed E-state index contributed by atoms with van der Waals surface area (Å²) in [5, 5.41) is 0. The first kappa shape index (κ1) is 15.2. The van der Waals surface area contributed by atoms with Gasteiger partial charge in [0.25, 0.3) is 5.91 Å². The number of anilines is 1. The van der Waals surface area contributed by atoms with Crippen LogP contribution in [0.3, 0.4) is 0 Å². The third kappa shape index (κ3) is 3.11. The van der Waals surface area contributed by atoms with E-state index in [0.29, 0.717) is 12.2 Å². The van der Waals surface area contributed by atoms with Crippen LogP contribution in [0.2, 0.25) is 0 Å². The Balaban J connectivity index is 2.34. The molecule has 2 aromatic carbocycles. The third-order valence-corrected chi connectivity index (χ3v) is 3.52. The Morgan fingerprint density at radius 3 is 2.24 bits per heavy atom. The van der Waals surface area contributed by atoms with E-state index in [2.05, 4.69) is 0 Å². The largest absolute Gasteiger partial charge is 0.314 e. The smallest absolute Gasteiger partial charge is 0.251 e. The Morgan fingerprint density at radius 1 is 1.14 bits per heavy atom. The van der Waals surface area contributed by atoms with Gasteiger partial charge in [-0.25, -0.2) is 4.39 Å². The molecule has 1 unspecified atom stereocenters. The highest BCUT2D eigenvalue weighted by atomic mass is 19.1. The molecule has 0 bridgehead atoms. The molecule has 110 valence electrons. The first-order valence-corrected chi connectivity index (χ1v) is 6.88. The Morgan fingerprint density at radius 2 is 1.71 bits per heavy atom. The van der Waals surface area contributed by atoms with Gasteiger partial charge in [0.15, 0.2) is 0 Å². The maximum absolute atomic E-state index is 13.0. The highest BCUT2D eigenvalue weighted by Gasteiger charge is 2.34. The van der Waals surface area contributed by atoms with Crippen molar-refractivity contribution in [1.29, 1.82) is 0 Å². The quantitative estimate of drug-likeness (QED) is 0.939. The van der Waals surface area contributed by atoms with Crippen molar-refractivity contribution in [3.8, 4) is 0 Å². The Kier molecular flexibility index (Phi) is 4.38. The molecule has 2 N–H and O–H groups in total. The molecule has 1 amide bonds. The lowest BCUT2D eigenvalue weighted by atomic mass is 9.91. The molecule has 0 spiro atoms. The lowest BCUT2D eigenvalue weighted by Crippen LogP contribution is -2.51. The predicted octanol–water partition coefficient (Wildman–Crippen LogP) is 3.05. The minimum atomic E-state index is -1.13. The van der Waals surface area contributed by atoms with Crippen molar-refractivity contribution in [3.63, 3.8) is 0 Å². The molecule has 0 fully saturated rings. The SMILES string of the molecule is CCN(C(=O)C(C)(N)c1ccccc1)c1ccc(F)cc1. The second kappa shape index (κ2) is 6.06. The van der Waals surface area contributed by atoms with E-state index in [-0.39, 0.29) is 11.7 Å². The first-order chi connectivity index (χ1) is 9.96. The number of hydrogen-bond donors (Lipinski definition) is 1. The number of rotatable bonds is 4. The molecule has 21 heavy (non-hydrogen) atoms. The van der Waals surface area contributed by atoms with Crippen LogP contribution in [0.25, 0.3) is 0 Å². The Bertz CT molecular complexity index is 608. The summed E-state index contributed by atoms with van der Waals surface area (Å²) in [5.74, 6) is -0.552. The number of likely N-dealkylation sites (N-methyl/N-ethyl adjacent to an activating group) is 1. The van der Waals surface area contributed by atoms with Crippen LogP contribution >= 0.6 is 0 Å². The lowest BCUT2D eigenvalue weighted by molar-refractivity contribution is -0.123. The van der Waals surface area contributed by atoms with Crippen LogP contribution in [0, 0.1) is 5.82 Å². The summed E-state index contributed by atoms with van der Waals surface area (Å²) in [7, 11) is 0. The number of nitrogens with zero attached hydrogens (tertiary/aromatic N) is 1. The summed E-state index contributed by atoms with van der Waals surface area (Å²) in [6.07, 6.45) is 0. The summed E-state index contributed by atoms with van der Waals surface area (Å²) in [6.45, 7) is 4.02. The van der Waals surface area contributed by atoms with Gasteiger partial charge in [0.05, 0.1) is 0 Å². The fourth-order valence-corrected chi connectivity index (χ4v) is 2.25. The van der Waals surface area contributed by atoms with Crippen molar-refractivity contribution in [2.75, 3.05) is 11.4 Å². The molecule has 0 heterocycles. The molecule has 0 aliphatic heterocycles. The van der Waals surface area contributed by atoms with E-state index in [1.165, 1.54) is 12.1 Å². The van der Waals surface area contributed by atoms with Crippen molar-refractivity contribution in [2.45, 2.75) is 19.4 Å². The monoisotopic (exact) mass is 286 g/mol. The van der Waals surface area contributed by atoms with Gasteiger partial charge in [0.1, 0.15) is 11.4 Å². The van der Waals surface area contributed by atoms with Gasteiger partial charge in [0, 0.05) is 12.2 Å². The maximum Gasteiger partial charge on any atom is 0.251 e. The molecule has 0 aromatic heterocycles. The normalized spacial score (nSPS) is 13.5. The van der Waals surface area contributed by atoms with Crippen molar-refractivity contribution in [1.82, 2.24) is 0 Å². The van der Waals surface area contributed by atoms with E-state index in [4.69, 9.17) is 5.73 Å². The van der Waals surface area contributed by atoms with Crippen LogP contribution in [0.15, 0.2) is 54.6 Å². The molecule has 1 atom stereocenters. The zero-order valence-electron chi connectivity index (χ0n) is 12.2. The fraction of sp³-hybridized carbons (Fsp3) is 0.235. The van der Waals surface area contributed by atoms with E-state index >= 15 is 0 Å². The maximum atomic E-state index is 13.0. The standard InChI is InChI=1S/C17H19FN2O/c1-3-20(15-11-9-14(18)10-12-15)16(21)17(2,19)13-7-5-4-6-8-13/h4-12H,3,19H2,1-2H3. The number of halogens is 1. The molecule has 0 saturated carbocycles. The van der Waals surface area contributed by atoms with Gasteiger partial charge < -0.3 is 10.6 Å². The predicted molar refractivity (Wildman–Crippen MR) is 82.4 cm³/mol. The molecule has 0 radical (unpaired) electrons. The number of amides is 1. The van der Waals surface area contributed by atoms with Crippen molar-refractivity contribution in [3.05, 3.63) is 66.0 Å². The molecule has 0 aliphatic rings. The van der Waals surface area contributed by atoms with Crippen LogP contribution in [0.4, 0.5) is 10.1 Å². The van der Waals surface area contributed by atoms with E-state index in [1.54, 1.807) is 24.0 Å². The zero-order valence-corrected chi connectivity index (χ0v) is 12.2. The number of benzene rings is 2. The van der Waals surface area contributed by atoms with Gasteiger partial charge >= 0.3 is 0 Å². The molecule has 0 aliphatic carbocycles. The Hall–Kier alpha value is -2.20. The van der Waals surface area contributed by atoms with Crippen molar-refractivity contribution in [2.24, 2.45) is 5.73 Å². The lowest BCUT2D eigenvalue weighted by Gasteiger charge is -2.31. The topological polar surface area (TPSA) is 46.3 Å². The van der Waals surface area contributed by atoms with E-state index in [1.807, 2.05) is 37.3 Å². The number of carbonyl (C=O) groups is 1. The molecule has 0 saturated heterocycles. The number of hydrogen-bond acceptors (Lipinski definition) is 2. The highest BCUT2D eigenvalue weighted by Crippen LogP contribution is 2.24. The molecule has 3 nitrogen and oxygen atoms in total. The van der Waals surface area contributed by atoms with Crippen LogP contribution in [0.1, 0.15) is 19.4 Å². The highest BCUT2D eigenvalue weighted by molar-refractivity contribution is 6.00. The van der Waals surface area contributed by atoms with Gasteiger partial charge in [-0.3, -0.25) is 4.79 Å². The molecular formula is C17H19FN2O. The summed E-state index contributed by atoms with van der Waals surface area (Å²) in [4.78, 5) is 14.4. The molecular weight excluding hydrogens is 267 g/mol.